The smallest absolute Gasteiger partial charge is 0.257 e. The Bertz CT molecular complexity index is 4290. The zero-order valence-electron chi connectivity index (χ0n) is 52.7. The van der Waals surface area contributed by atoms with E-state index in [0.29, 0.717) is 128 Å². The number of halogens is 6. The lowest BCUT2D eigenvalue weighted by Gasteiger charge is -2.34. The summed E-state index contributed by atoms with van der Waals surface area (Å²) in [5, 5.41) is 22.6. The molecular formula is C72H67Cl6N11O7. The number of nitrogens with zero attached hydrogens (tertiary/aromatic N) is 7. The highest BCUT2D eigenvalue weighted by Crippen LogP contribution is 2.34. The van der Waals surface area contributed by atoms with E-state index >= 15 is 0 Å². The molecule has 18 nitrogen and oxygen atoms in total. The molecule has 2 fully saturated rings. The normalized spacial score (nSPS) is 13.2. The molecule has 0 aliphatic carbocycles. The molecule has 3 aromatic heterocycles. The minimum atomic E-state index is -0.393. The number of hydrogen-bond acceptors (Lipinski definition) is 12. The van der Waals surface area contributed by atoms with Gasteiger partial charge in [-0.05, 0) is 173 Å². The van der Waals surface area contributed by atoms with E-state index in [0.717, 1.165) is 13.1 Å². The highest BCUT2D eigenvalue weighted by Gasteiger charge is 2.26. The minimum absolute atomic E-state index is 0.0790. The van der Waals surface area contributed by atoms with Crippen LogP contribution in [0.1, 0.15) is 82.9 Å². The van der Waals surface area contributed by atoms with Crippen molar-refractivity contribution in [2.45, 2.75) is 26.3 Å². The predicted molar refractivity (Wildman–Crippen MR) is 382 cm³/mol. The van der Waals surface area contributed by atoms with Gasteiger partial charge in [0.2, 0.25) is 0 Å². The maximum absolute atomic E-state index is 12.9. The number of carbonyl (C=O) groups is 6. The van der Waals surface area contributed by atoms with Gasteiger partial charge >= 0.3 is 0 Å². The first-order chi connectivity index (χ1) is 46.0. The molecule has 0 saturated carbocycles. The molecule has 9 aromatic rings. The zero-order valence-corrected chi connectivity index (χ0v) is 57.2. The second kappa shape index (κ2) is 33.2. The highest BCUT2D eigenvalue weighted by atomic mass is 35.5. The summed E-state index contributed by atoms with van der Waals surface area (Å²) in [4.78, 5) is 97.2. The van der Waals surface area contributed by atoms with E-state index in [-0.39, 0.29) is 67.5 Å². The molecule has 494 valence electrons. The first-order valence-electron chi connectivity index (χ1n) is 30.4. The quantitative estimate of drug-likeness (QED) is 0.0686. The Morgan fingerprint density at radius 3 is 1.08 bits per heavy atom. The van der Waals surface area contributed by atoms with Crippen LogP contribution in [0.3, 0.4) is 0 Å². The Morgan fingerprint density at radius 1 is 0.417 bits per heavy atom. The summed E-state index contributed by atoms with van der Waals surface area (Å²) in [5.74, 6) is -1.62. The number of likely N-dealkylation sites (N-methyl/N-ethyl adjacent to an activating group) is 1. The Labute approximate surface area is 586 Å². The first kappa shape index (κ1) is 71.5. The van der Waals surface area contributed by atoms with E-state index in [1.165, 1.54) is 18.2 Å². The molecule has 5 N–H and O–H groups in total. The van der Waals surface area contributed by atoms with Gasteiger partial charge in [0.15, 0.2) is 0 Å². The molecule has 11 rings (SSSR count). The molecule has 24 heteroatoms. The topological polar surface area (TPSA) is 222 Å². The Kier molecular flexibility index (Phi) is 24.8. The molecule has 0 unspecified atom stereocenters. The number of β-amino-alcohol motifs (C(OH)–C–C–N with tert-alkyl or cyclic N) is 1. The van der Waals surface area contributed by atoms with Crippen molar-refractivity contribution >= 4 is 122 Å². The van der Waals surface area contributed by atoms with Crippen molar-refractivity contribution in [2.75, 3.05) is 88.5 Å². The Balaban J connectivity index is 0.000000169. The molecule has 2 aliphatic rings. The van der Waals surface area contributed by atoms with Gasteiger partial charge in [0, 0.05) is 133 Å². The van der Waals surface area contributed by atoms with Gasteiger partial charge in [0.1, 0.15) is 0 Å². The number of nitrogens with one attached hydrogen (secondary N) is 4. The highest BCUT2D eigenvalue weighted by molar-refractivity contribution is 6.37. The third-order valence-corrected chi connectivity index (χ3v) is 17.2. The maximum atomic E-state index is 12.9. The summed E-state index contributed by atoms with van der Waals surface area (Å²) >= 11 is 38.0. The van der Waals surface area contributed by atoms with Gasteiger partial charge in [0.25, 0.3) is 35.4 Å². The van der Waals surface area contributed by atoms with E-state index in [4.69, 9.17) is 74.7 Å². The standard InChI is InChI=1S/C25H24Cl2N4O3.C24H22Cl2N4O2.C23H21Cl2N3O2/c26-21-7-5-18(16-20(21)23-3-1-2-8-28-23)29-24(33)19-6-4-17(15-22(19)27)25(34)31-11-9-30(10-12-31)13-14-32;1-29-10-12-30(13-11-29)24(32)16-5-7-18(21(26)14-16)23(31)28-17-6-8-20(25)19(15-17)22-4-2-3-9-27-22;1-23(2,3)28-21(29)14-7-9-16(19(25)12-14)22(30)27-15-8-10-18(24)17(13-15)20-6-4-5-11-26-20/h1-8,15-16,32H,9-14H2,(H,29,33);2-9,14-15H,10-13H2,1H3,(H,28,31);4-13H,1-3H3,(H,27,30)(H,28,29). The average molecular weight is 1410 g/mol. The van der Waals surface area contributed by atoms with Crippen molar-refractivity contribution in [3.8, 4) is 33.8 Å². The van der Waals surface area contributed by atoms with Gasteiger partial charge in [0.05, 0.1) is 70.5 Å². The molecule has 2 saturated heterocycles. The SMILES string of the molecule is CC(C)(C)NC(=O)c1ccc(C(=O)Nc2ccc(Cl)c(-c3ccccn3)c2)c(Cl)c1.CN1CCN(C(=O)c2ccc(C(=O)Nc3ccc(Cl)c(-c4ccccn4)c3)c(Cl)c2)CC1.O=C(Nc1ccc(Cl)c(-c2ccccn2)c1)c1ccc(C(=O)N2CCN(CCO)CC2)cc1Cl. The molecule has 6 amide bonds. The maximum Gasteiger partial charge on any atom is 0.257 e. The van der Waals surface area contributed by atoms with Crippen LogP contribution < -0.4 is 21.3 Å². The number of anilines is 3. The summed E-state index contributed by atoms with van der Waals surface area (Å²) in [6.07, 6.45) is 5.03. The second-order valence-electron chi connectivity index (χ2n) is 23.3. The van der Waals surface area contributed by atoms with Gasteiger partial charge in [-0.2, -0.15) is 0 Å². The minimum Gasteiger partial charge on any atom is -0.395 e. The Hall–Kier alpha value is -8.79. The molecule has 0 atom stereocenters. The molecule has 0 radical (unpaired) electrons. The van der Waals surface area contributed by atoms with Crippen LogP contribution in [-0.2, 0) is 0 Å². The van der Waals surface area contributed by atoms with Gasteiger partial charge in [-0.15, -0.1) is 0 Å². The lowest BCUT2D eigenvalue weighted by Crippen LogP contribution is -2.49. The number of aliphatic hydroxyl groups is 1. The van der Waals surface area contributed by atoms with Crippen molar-refractivity contribution in [1.29, 1.82) is 0 Å². The predicted octanol–water partition coefficient (Wildman–Crippen LogP) is 14.6. The number of carbonyl (C=O) groups excluding carboxylic acids is 6. The van der Waals surface area contributed by atoms with Crippen LogP contribution in [0.4, 0.5) is 17.1 Å². The van der Waals surface area contributed by atoms with Crippen molar-refractivity contribution in [2.24, 2.45) is 0 Å². The van der Waals surface area contributed by atoms with Crippen molar-refractivity contribution in [3.63, 3.8) is 0 Å². The monoisotopic (exact) mass is 1410 g/mol. The fraction of sp³-hybridized carbons (Fsp3) is 0.208. The molecular weight excluding hydrogens is 1340 g/mol. The first-order valence-corrected chi connectivity index (χ1v) is 32.7. The van der Waals surface area contributed by atoms with Crippen LogP contribution in [0.25, 0.3) is 33.8 Å². The van der Waals surface area contributed by atoms with E-state index in [1.54, 1.807) is 119 Å². The second-order valence-corrected chi connectivity index (χ2v) is 25.8. The van der Waals surface area contributed by atoms with Crippen molar-refractivity contribution in [3.05, 3.63) is 246 Å². The third kappa shape index (κ3) is 19.2. The fourth-order valence-electron chi connectivity index (χ4n) is 10.2. The average Bonchev–Trinajstić information content (AvgIpc) is 1.01. The number of rotatable bonds is 14. The van der Waals surface area contributed by atoms with Gasteiger partial charge in [-0.3, -0.25) is 48.6 Å². The fourth-order valence-corrected chi connectivity index (χ4v) is 11.6. The number of amides is 6. The van der Waals surface area contributed by atoms with Gasteiger partial charge < -0.3 is 41.1 Å². The van der Waals surface area contributed by atoms with Crippen LogP contribution in [0.5, 0.6) is 0 Å². The molecule has 2 aliphatic heterocycles. The molecule has 0 spiro atoms. The van der Waals surface area contributed by atoms with E-state index < -0.39 is 11.8 Å². The van der Waals surface area contributed by atoms with Crippen molar-refractivity contribution < 1.29 is 33.9 Å². The molecule has 0 bridgehead atoms. The van der Waals surface area contributed by atoms with Crippen LogP contribution in [0.15, 0.2) is 182 Å². The number of pyridine rings is 3. The summed E-state index contributed by atoms with van der Waals surface area (Å²) in [6, 6.07) is 46.1. The number of aliphatic hydroxyl groups excluding tert-OH is 1. The summed E-state index contributed by atoms with van der Waals surface area (Å²) in [7, 11) is 2.03. The van der Waals surface area contributed by atoms with E-state index in [1.807, 2.05) is 82.4 Å². The zero-order chi connectivity index (χ0) is 68.6. The van der Waals surface area contributed by atoms with Crippen molar-refractivity contribution in [1.82, 2.24) is 39.9 Å². The van der Waals surface area contributed by atoms with Crippen LogP contribution in [0.2, 0.25) is 30.1 Å². The molecule has 6 aromatic carbocycles. The van der Waals surface area contributed by atoms with Crippen LogP contribution in [-0.4, -0.2) is 153 Å². The lowest BCUT2D eigenvalue weighted by molar-refractivity contribution is 0.0613. The number of hydrogen-bond donors (Lipinski definition) is 5. The van der Waals surface area contributed by atoms with Crippen LogP contribution >= 0.6 is 69.6 Å². The van der Waals surface area contributed by atoms with Gasteiger partial charge in [-0.1, -0.05) is 87.8 Å². The number of aromatic nitrogens is 3. The van der Waals surface area contributed by atoms with E-state index in [2.05, 4.69) is 46.0 Å². The molecule has 96 heavy (non-hydrogen) atoms. The summed E-state index contributed by atoms with van der Waals surface area (Å²) in [6.45, 7) is 12.0. The largest absolute Gasteiger partial charge is 0.395 e. The number of piperazine rings is 2. The van der Waals surface area contributed by atoms with Crippen LogP contribution in [0, 0.1) is 0 Å². The number of benzene rings is 6. The molecule has 5 heterocycles. The lowest BCUT2D eigenvalue weighted by atomic mass is 10.1. The van der Waals surface area contributed by atoms with Gasteiger partial charge in [-0.25, -0.2) is 0 Å². The third-order valence-electron chi connectivity index (χ3n) is 15.2. The summed E-state index contributed by atoms with van der Waals surface area (Å²) < 4.78 is 0. The summed E-state index contributed by atoms with van der Waals surface area (Å²) in [5.41, 5.74) is 7.61. The van der Waals surface area contributed by atoms with E-state index in [9.17, 15) is 28.8 Å². The Morgan fingerprint density at radius 2 is 0.760 bits per heavy atom.